The Hall–Kier alpha value is -1.78. The number of esters is 1. The van der Waals surface area contributed by atoms with E-state index in [1.165, 1.54) is 0 Å². The van der Waals surface area contributed by atoms with Gasteiger partial charge in [-0.25, -0.2) is 9.89 Å². The normalized spacial score (nSPS) is 12.2. The number of hydrogen-bond acceptors (Lipinski definition) is 6. The van der Waals surface area contributed by atoms with E-state index in [1.54, 1.807) is 5.10 Å². The number of halogens is 3. The molecular formula is C6H5F3N2O5S. The van der Waals surface area contributed by atoms with Crippen LogP contribution in [0.15, 0.2) is 6.07 Å². The fourth-order valence-corrected chi connectivity index (χ4v) is 1.14. The summed E-state index contributed by atoms with van der Waals surface area (Å²) in [5, 5.41) is 4.99. The van der Waals surface area contributed by atoms with Crippen molar-refractivity contribution in [2.45, 2.75) is 5.51 Å². The van der Waals surface area contributed by atoms with E-state index in [9.17, 15) is 26.4 Å². The molecule has 7 nitrogen and oxygen atoms in total. The summed E-state index contributed by atoms with van der Waals surface area (Å²) in [5.74, 6) is -1.80. The third kappa shape index (κ3) is 2.87. The first kappa shape index (κ1) is 13.3. The van der Waals surface area contributed by atoms with Crippen LogP contribution in [0.5, 0.6) is 5.88 Å². The summed E-state index contributed by atoms with van der Waals surface area (Å²) in [6.07, 6.45) is 0. The first-order valence-electron chi connectivity index (χ1n) is 3.82. The van der Waals surface area contributed by atoms with Crippen molar-refractivity contribution < 1.29 is 35.3 Å². The van der Waals surface area contributed by atoms with Crippen LogP contribution in [-0.4, -0.2) is 37.2 Å². The van der Waals surface area contributed by atoms with Gasteiger partial charge in [0.1, 0.15) is 0 Å². The van der Waals surface area contributed by atoms with E-state index in [0.29, 0.717) is 6.07 Å². The Balaban J connectivity index is 2.91. The molecule has 0 fully saturated rings. The van der Waals surface area contributed by atoms with Gasteiger partial charge in [0, 0.05) is 6.07 Å². The van der Waals surface area contributed by atoms with Gasteiger partial charge in [0.05, 0.1) is 7.11 Å². The van der Waals surface area contributed by atoms with E-state index >= 15 is 0 Å². The van der Waals surface area contributed by atoms with Gasteiger partial charge >= 0.3 is 21.6 Å². The number of ether oxygens (including phenoxy) is 1. The van der Waals surface area contributed by atoms with E-state index in [-0.39, 0.29) is 0 Å². The van der Waals surface area contributed by atoms with Gasteiger partial charge < -0.3 is 8.92 Å². The predicted molar refractivity (Wildman–Crippen MR) is 45.5 cm³/mol. The molecule has 0 atom stereocenters. The van der Waals surface area contributed by atoms with Crippen LogP contribution in [0.4, 0.5) is 13.2 Å². The van der Waals surface area contributed by atoms with Crippen LogP contribution < -0.4 is 4.18 Å². The molecule has 0 amide bonds. The van der Waals surface area contributed by atoms with Crippen LogP contribution in [0.2, 0.25) is 0 Å². The summed E-state index contributed by atoms with van der Waals surface area (Å²) >= 11 is 0. The van der Waals surface area contributed by atoms with E-state index in [0.717, 1.165) is 7.11 Å². The van der Waals surface area contributed by atoms with Gasteiger partial charge in [0.2, 0.25) is 5.88 Å². The Labute approximate surface area is 92.6 Å². The number of aromatic amines is 1. The van der Waals surface area contributed by atoms with Gasteiger partial charge in [-0.1, -0.05) is 0 Å². The summed E-state index contributed by atoms with van der Waals surface area (Å²) in [7, 11) is -4.78. The van der Waals surface area contributed by atoms with Crippen molar-refractivity contribution in [2.24, 2.45) is 0 Å². The number of H-pyrrole nitrogens is 1. The summed E-state index contributed by atoms with van der Waals surface area (Å²) in [6.45, 7) is 0. The minimum absolute atomic E-state index is 0.417. The fourth-order valence-electron chi connectivity index (χ4n) is 0.721. The third-order valence-corrected chi connectivity index (χ3v) is 2.40. The fraction of sp³-hybridized carbons (Fsp3) is 0.333. The zero-order valence-corrected chi connectivity index (χ0v) is 8.92. The van der Waals surface area contributed by atoms with Gasteiger partial charge in [-0.05, 0) is 0 Å². The van der Waals surface area contributed by atoms with Crippen molar-refractivity contribution in [1.82, 2.24) is 10.2 Å². The third-order valence-electron chi connectivity index (χ3n) is 1.43. The number of carbonyl (C=O) groups is 1. The number of alkyl halides is 3. The van der Waals surface area contributed by atoms with Gasteiger partial charge in [-0.2, -0.15) is 26.7 Å². The number of methoxy groups -OCH3 is 1. The first-order valence-corrected chi connectivity index (χ1v) is 5.22. The molecule has 11 heteroatoms. The first-order chi connectivity index (χ1) is 7.67. The van der Waals surface area contributed by atoms with Crippen molar-refractivity contribution in [2.75, 3.05) is 7.11 Å². The lowest BCUT2D eigenvalue weighted by molar-refractivity contribution is -0.0501. The molecule has 0 saturated heterocycles. The summed E-state index contributed by atoms with van der Waals surface area (Å²) < 4.78 is 64.7. The molecule has 0 spiro atoms. The quantitative estimate of drug-likeness (QED) is 0.487. The average Bonchev–Trinajstić information content (AvgIpc) is 2.62. The summed E-state index contributed by atoms with van der Waals surface area (Å²) in [4.78, 5) is 10.9. The monoisotopic (exact) mass is 274 g/mol. The van der Waals surface area contributed by atoms with Crippen molar-refractivity contribution in [3.63, 3.8) is 0 Å². The number of carbonyl (C=O) groups excluding carboxylic acids is 1. The minimum atomic E-state index is -5.79. The van der Waals surface area contributed by atoms with Crippen LogP contribution in [0.25, 0.3) is 0 Å². The highest BCUT2D eigenvalue weighted by atomic mass is 32.2. The molecule has 1 heterocycles. The zero-order chi connectivity index (χ0) is 13.3. The van der Waals surface area contributed by atoms with Crippen LogP contribution in [0, 0.1) is 0 Å². The highest BCUT2D eigenvalue weighted by Crippen LogP contribution is 2.26. The lowest BCUT2D eigenvalue weighted by Gasteiger charge is -2.06. The largest absolute Gasteiger partial charge is 0.534 e. The highest BCUT2D eigenvalue weighted by molar-refractivity contribution is 7.87. The van der Waals surface area contributed by atoms with Gasteiger partial charge in [-0.15, -0.1) is 0 Å². The second kappa shape index (κ2) is 4.24. The van der Waals surface area contributed by atoms with Crippen molar-refractivity contribution >= 4 is 16.1 Å². The molecule has 0 aliphatic rings. The maximum Gasteiger partial charge on any atom is 0.534 e. The second-order valence-electron chi connectivity index (χ2n) is 2.59. The molecule has 0 aliphatic carbocycles. The molecule has 0 aromatic carbocycles. The molecule has 1 aromatic rings. The van der Waals surface area contributed by atoms with E-state index in [1.807, 2.05) is 0 Å². The molecule has 0 radical (unpaired) electrons. The standard InChI is InChI=1S/C6H5F3N2O5S/c1-15-5(12)3-2-4(11-10-3)16-17(13,14)6(7,8)9/h2H,1H3,(H,10,11). The molecular weight excluding hydrogens is 269 g/mol. The molecule has 17 heavy (non-hydrogen) atoms. The molecule has 1 N–H and O–H groups in total. The molecule has 1 aromatic heterocycles. The van der Waals surface area contributed by atoms with Crippen LogP contribution in [0.3, 0.4) is 0 Å². The number of hydrogen-bond donors (Lipinski definition) is 1. The predicted octanol–water partition coefficient (Wildman–Crippen LogP) is 0.425. The Morgan fingerprint density at radius 3 is 2.53 bits per heavy atom. The molecule has 0 aliphatic heterocycles. The molecule has 0 bridgehead atoms. The maximum atomic E-state index is 11.9. The number of aromatic nitrogens is 2. The summed E-state index contributed by atoms with van der Waals surface area (Å²) in [5.41, 5.74) is -5.98. The van der Waals surface area contributed by atoms with Crippen LogP contribution >= 0.6 is 0 Å². The lowest BCUT2D eigenvalue weighted by Crippen LogP contribution is -2.28. The maximum absolute atomic E-state index is 11.9. The smallest absolute Gasteiger partial charge is 0.464 e. The lowest BCUT2D eigenvalue weighted by atomic mass is 10.4. The molecule has 0 saturated carbocycles. The second-order valence-corrected chi connectivity index (χ2v) is 4.13. The minimum Gasteiger partial charge on any atom is -0.464 e. The Morgan fingerprint density at radius 1 is 1.47 bits per heavy atom. The van der Waals surface area contributed by atoms with E-state index < -0.39 is 33.2 Å². The van der Waals surface area contributed by atoms with E-state index in [4.69, 9.17) is 0 Å². The van der Waals surface area contributed by atoms with Crippen molar-refractivity contribution in [3.05, 3.63) is 11.8 Å². The van der Waals surface area contributed by atoms with Crippen LogP contribution in [-0.2, 0) is 14.9 Å². The van der Waals surface area contributed by atoms with Gasteiger partial charge in [-0.3, -0.25) is 0 Å². The summed E-state index contributed by atoms with van der Waals surface area (Å²) in [6, 6.07) is 0.662. The molecule has 96 valence electrons. The van der Waals surface area contributed by atoms with Crippen molar-refractivity contribution in [1.29, 1.82) is 0 Å². The number of nitrogens with one attached hydrogen (secondary N) is 1. The Bertz CT molecular complexity index is 520. The van der Waals surface area contributed by atoms with Gasteiger partial charge in [0.15, 0.2) is 5.69 Å². The molecule has 0 unspecified atom stereocenters. The van der Waals surface area contributed by atoms with Gasteiger partial charge in [0.25, 0.3) is 0 Å². The SMILES string of the molecule is COC(=O)c1cc(OS(=O)(=O)C(F)(F)F)[nH]n1. The Kier molecular flexibility index (Phi) is 3.31. The number of nitrogens with zero attached hydrogens (tertiary/aromatic N) is 1. The highest BCUT2D eigenvalue weighted by Gasteiger charge is 2.48. The number of rotatable bonds is 3. The van der Waals surface area contributed by atoms with Crippen LogP contribution in [0.1, 0.15) is 10.5 Å². The van der Waals surface area contributed by atoms with E-state index in [2.05, 4.69) is 14.0 Å². The molecule has 1 rings (SSSR count). The van der Waals surface area contributed by atoms with Crippen molar-refractivity contribution in [3.8, 4) is 5.88 Å². The zero-order valence-electron chi connectivity index (χ0n) is 8.11. The Morgan fingerprint density at radius 2 is 2.06 bits per heavy atom. The topological polar surface area (TPSA) is 98.4 Å². The average molecular weight is 274 g/mol.